The van der Waals surface area contributed by atoms with Crippen LogP contribution in [0.15, 0.2) is 42.9 Å². The second kappa shape index (κ2) is 5.21. The first kappa shape index (κ1) is 12.5. The summed E-state index contributed by atoms with van der Waals surface area (Å²) in [5, 5.41) is 7.61. The molecule has 0 fully saturated rings. The highest BCUT2D eigenvalue weighted by Gasteiger charge is 2.06. The molecule has 5 heteroatoms. The molecule has 102 valence electrons. The summed E-state index contributed by atoms with van der Waals surface area (Å²) < 4.78 is 2.14. The smallest absolute Gasteiger partial charge is 0.131 e. The van der Waals surface area contributed by atoms with E-state index in [4.69, 9.17) is 0 Å². The average molecular weight is 267 g/mol. The van der Waals surface area contributed by atoms with Crippen LogP contribution in [0, 0.1) is 0 Å². The molecule has 5 nitrogen and oxygen atoms in total. The molecule has 0 unspecified atom stereocenters. The minimum absolute atomic E-state index is 0.738. The molecule has 0 aliphatic heterocycles. The van der Waals surface area contributed by atoms with Crippen LogP contribution in [0.3, 0.4) is 0 Å². The minimum Gasteiger partial charge on any atom is -0.373 e. The normalized spacial score (nSPS) is 10.7. The highest BCUT2D eigenvalue weighted by molar-refractivity contribution is 5.84. The molecule has 3 rings (SSSR count). The summed E-state index contributed by atoms with van der Waals surface area (Å²) in [7, 11) is 3.91. The van der Waals surface area contributed by atoms with Crippen LogP contribution in [0.1, 0.15) is 5.56 Å². The first-order valence-corrected chi connectivity index (χ1v) is 6.54. The number of para-hydroxylation sites is 1. The summed E-state index contributed by atoms with van der Waals surface area (Å²) in [5.41, 5.74) is 2.50. The molecule has 0 radical (unpaired) electrons. The van der Waals surface area contributed by atoms with Gasteiger partial charge in [-0.1, -0.05) is 18.2 Å². The molecule has 0 atom stereocenters. The first-order chi connectivity index (χ1) is 9.78. The lowest BCUT2D eigenvalue weighted by atomic mass is 10.2. The summed E-state index contributed by atoms with van der Waals surface area (Å²) in [6, 6.07) is 10.3. The number of nitrogens with one attached hydrogen (secondary N) is 2. The third-order valence-corrected chi connectivity index (χ3v) is 3.36. The van der Waals surface area contributed by atoms with E-state index in [0.717, 1.165) is 18.2 Å². The second-order valence-electron chi connectivity index (χ2n) is 4.67. The number of nitrogens with zero attached hydrogens (tertiary/aromatic N) is 3. The fourth-order valence-corrected chi connectivity index (χ4v) is 2.34. The summed E-state index contributed by atoms with van der Waals surface area (Å²) in [4.78, 5) is 8.32. The van der Waals surface area contributed by atoms with Gasteiger partial charge in [0, 0.05) is 43.8 Å². The van der Waals surface area contributed by atoms with Gasteiger partial charge in [-0.05, 0) is 11.6 Å². The molecule has 0 aliphatic carbocycles. The van der Waals surface area contributed by atoms with Crippen LogP contribution in [0.25, 0.3) is 10.9 Å². The van der Waals surface area contributed by atoms with Crippen LogP contribution < -0.4 is 10.6 Å². The van der Waals surface area contributed by atoms with E-state index in [0.29, 0.717) is 0 Å². The summed E-state index contributed by atoms with van der Waals surface area (Å²) >= 11 is 0. The zero-order valence-corrected chi connectivity index (χ0v) is 11.6. The summed E-state index contributed by atoms with van der Waals surface area (Å²) in [6.45, 7) is 0.738. The molecule has 0 bridgehead atoms. The molecule has 0 spiro atoms. The van der Waals surface area contributed by atoms with Crippen molar-refractivity contribution in [2.75, 3.05) is 17.7 Å². The van der Waals surface area contributed by atoms with Crippen LogP contribution in [0.2, 0.25) is 0 Å². The quantitative estimate of drug-likeness (QED) is 0.763. The molecular formula is C15H17N5. The molecule has 20 heavy (non-hydrogen) atoms. The van der Waals surface area contributed by atoms with E-state index in [2.05, 4.69) is 62.7 Å². The Morgan fingerprint density at radius 2 is 1.95 bits per heavy atom. The van der Waals surface area contributed by atoms with Crippen molar-refractivity contribution in [2.24, 2.45) is 7.05 Å². The summed E-state index contributed by atoms with van der Waals surface area (Å²) in [6.07, 6.45) is 3.70. The van der Waals surface area contributed by atoms with Gasteiger partial charge in [-0.3, -0.25) is 0 Å². The number of hydrogen-bond donors (Lipinski definition) is 2. The molecule has 2 heterocycles. The van der Waals surface area contributed by atoms with Gasteiger partial charge in [0.25, 0.3) is 0 Å². The van der Waals surface area contributed by atoms with E-state index in [1.54, 1.807) is 6.33 Å². The summed E-state index contributed by atoms with van der Waals surface area (Å²) in [5.74, 6) is 1.62. The number of anilines is 2. The fourth-order valence-electron chi connectivity index (χ4n) is 2.34. The number of benzene rings is 1. The van der Waals surface area contributed by atoms with Gasteiger partial charge in [0.15, 0.2) is 0 Å². The van der Waals surface area contributed by atoms with Gasteiger partial charge in [-0.15, -0.1) is 0 Å². The van der Waals surface area contributed by atoms with Gasteiger partial charge < -0.3 is 15.2 Å². The highest BCUT2D eigenvalue weighted by atomic mass is 15.1. The Bertz CT molecular complexity index is 732. The van der Waals surface area contributed by atoms with Crippen molar-refractivity contribution in [3.63, 3.8) is 0 Å². The van der Waals surface area contributed by atoms with Crippen molar-refractivity contribution in [3.05, 3.63) is 48.4 Å². The molecule has 0 saturated heterocycles. The van der Waals surface area contributed by atoms with Gasteiger partial charge in [-0.2, -0.15) is 0 Å². The van der Waals surface area contributed by atoms with Crippen molar-refractivity contribution in [3.8, 4) is 0 Å². The Hall–Kier alpha value is -2.56. The van der Waals surface area contributed by atoms with Crippen LogP contribution in [0.4, 0.5) is 11.6 Å². The lowest BCUT2D eigenvalue weighted by Gasteiger charge is -2.06. The van der Waals surface area contributed by atoms with E-state index in [-0.39, 0.29) is 0 Å². The Balaban J connectivity index is 1.83. The lowest BCUT2D eigenvalue weighted by Crippen LogP contribution is -2.02. The maximum Gasteiger partial charge on any atom is 0.131 e. The Morgan fingerprint density at radius 3 is 2.80 bits per heavy atom. The predicted molar refractivity (Wildman–Crippen MR) is 81.8 cm³/mol. The molecular weight excluding hydrogens is 250 g/mol. The average Bonchev–Trinajstić information content (AvgIpc) is 2.82. The third kappa shape index (κ3) is 2.30. The largest absolute Gasteiger partial charge is 0.373 e. The molecule has 0 aliphatic rings. The Labute approximate surface area is 117 Å². The van der Waals surface area contributed by atoms with Crippen molar-refractivity contribution >= 4 is 22.5 Å². The minimum atomic E-state index is 0.738. The molecule has 0 amide bonds. The Morgan fingerprint density at radius 1 is 1.15 bits per heavy atom. The van der Waals surface area contributed by atoms with Crippen molar-refractivity contribution in [1.29, 1.82) is 0 Å². The Kier molecular flexibility index (Phi) is 3.25. The van der Waals surface area contributed by atoms with Gasteiger partial charge in [0.05, 0.1) is 0 Å². The molecule has 2 aromatic heterocycles. The number of rotatable bonds is 4. The van der Waals surface area contributed by atoms with E-state index in [1.165, 1.54) is 16.5 Å². The van der Waals surface area contributed by atoms with E-state index >= 15 is 0 Å². The zero-order chi connectivity index (χ0) is 13.9. The number of hydrogen-bond acceptors (Lipinski definition) is 4. The maximum absolute atomic E-state index is 4.22. The van der Waals surface area contributed by atoms with Crippen molar-refractivity contribution < 1.29 is 0 Å². The molecule has 1 aromatic carbocycles. The second-order valence-corrected chi connectivity index (χ2v) is 4.67. The van der Waals surface area contributed by atoms with Gasteiger partial charge in [0.2, 0.25) is 0 Å². The van der Waals surface area contributed by atoms with Gasteiger partial charge in [-0.25, -0.2) is 9.97 Å². The van der Waals surface area contributed by atoms with E-state index in [1.807, 2.05) is 13.1 Å². The standard InChI is InChI=1S/C15H17N5/c1-16-14-7-15(19-10-18-14)17-8-11-9-20(2)13-6-4-3-5-12(11)13/h3-7,9-10H,8H2,1-2H3,(H2,16,17,18,19). The van der Waals surface area contributed by atoms with Crippen molar-refractivity contribution in [1.82, 2.24) is 14.5 Å². The molecule has 2 N–H and O–H groups in total. The zero-order valence-electron chi connectivity index (χ0n) is 11.6. The van der Waals surface area contributed by atoms with Crippen molar-refractivity contribution in [2.45, 2.75) is 6.54 Å². The fraction of sp³-hybridized carbons (Fsp3) is 0.200. The lowest BCUT2D eigenvalue weighted by molar-refractivity contribution is 0.954. The van der Waals surface area contributed by atoms with E-state index < -0.39 is 0 Å². The molecule has 3 aromatic rings. The predicted octanol–water partition coefficient (Wildman–Crippen LogP) is 2.62. The SMILES string of the molecule is CNc1cc(NCc2cn(C)c3ccccc23)ncn1. The number of aromatic nitrogens is 3. The first-order valence-electron chi connectivity index (χ1n) is 6.54. The number of fused-ring (bicyclic) bond motifs is 1. The highest BCUT2D eigenvalue weighted by Crippen LogP contribution is 2.21. The van der Waals surface area contributed by atoms with Gasteiger partial charge in [0.1, 0.15) is 18.0 Å². The third-order valence-electron chi connectivity index (χ3n) is 3.36. The van der Waals surface area contributed by atoms with Crippen LogP contribution in [-0.4, -0.2) is 21.6 Å². The topological polar surface area (TPSA) is 54.8 Å². The monoisotopic (exact) mass is 267 g/mol. The molecule has 0 saturated carbocycles. The number of aryl methyl sites for hydroxylation is 1. The van der Waals surface area contributed by atoms with E-state index in [9.17, 15) is 0 Å². The van der Waals surface area contributed by atoms with Gasteiger partial charge >= 0.3 is 0 Å². The van der Waals surface area contributed by atoms with Crippen LogP contribution in [-0.2, 0) is 13.6 Å². The van der Waals surface area contributed by atoms with Crippen LogP contribution in [0.5, 0.6) is 0 Å². The van der Waals surface area contributed by atoms with Crippen LogP contribution >= 0.6 is 0 Å². The maximum atomic E-state index is 4.22.